The van der Waals surface area contributed by atoms with Crippen molar-refractivity contribution in [1.82, 2.24) is 14.3 Å². The van der Waals surface area contributed by atoms with Crippen LogP contribution < -0.4 is 0 Å². The molecule has 1 aliphatic heterocycles. The zero-order valence-corrected chi connectivity index (χ0v) is 14.2. The molecule has 0 aromatic carbocycles. The van der Waals surface area contributed by atoms with Gasteiger partial charge in [-0.05, 0) is 43.5 Å². The van der Waals surface area contributed by atoms with Crippen LogP contribution in [0, 0.1) is 6.92 Å². The molecule has 1 amide bonds. The molecule has 0 unspecified atom stereocenters. The van der Waals surface area contributed by atoms with Crippen molar-refractivity contribution in [3.05, 3.63) is 59.9 Å². The maximum absolute atomic E-state index is 13.2. The van der Waals surface area contributed by atoms with Gasteiger partial charge >= 0.3 is 0 Å². The lowest BCUT2D eigenvalue weighted by Crippen LogP contribution is -2.37. The molecule has 3 aromatic rings. The molecular weight excluding hydrogens is 318 g/mol. The zero-order chi connectivity index (χ0) is 17.2. The number of furan rings is 1. The highest BCUT2D eigenvalue weighted by atomic mass is 16.5. The van der Waals surface area contributed by atoms with Crippen LogP contribution in [0.4, 0.5) is 0 Å². The Kier molecular flexibility index (Phi) is 4.28. The fourth-order valence-corrected chi connectivity index (χ4v) is 3.25. The van der Waals surface area contributed by atoms with Crippen LogP contribution in [0.3, 0.4) is 0 Å². The average Bonchev–Trinajstić information content (AvgIpc) is 3.35. The Morgan fingerprint density at radius 1 is 1.40 bits per heavy atom. The number of amides is 1. The van der Waals surface area contributed by atoms with Gasteiger partial charge in [0.05, 0.1) is 25.1 Å². The standard InChI is InChI=1S/C19H21N3O3/c1-14-6-7-18-20-10-17(22(18)11-14)19(23)21(12-15-4-2-8-24-15)13-16-5-3-9-25-16/h2,4,6-8,10-11,16H,3,5,9,12-13H2,1H3/t16-/m0/s1. The summed E-state index contributed by atoms with van der Waals surface area (Å²) in [5.41, 5.74) is 2.41. The summed E-state index contributed by atoms with van der Waals surface area (Å²) in [4.78, 5) is 19.4. The van der Waals surface area contributed by atoms with Crippen molar-refractivity contribution < 1.29 is 13.9 Å². The van der Waals surface area contributed by atoms with Gasteiger partial charge in [0.2, 0.25) is 0 Å². The molecule has 1 atom stereocenters. The second-order valence-corrected chi connectivity index (χ2v) is 6.48. The lowest BCUT2D eigenvalue weighted by atomic mass is 10.2. The van der Waals surface area contributed by atoms with Crippen molar-refractivity contribution in [1.29, 1.82) is 0 Å². The first-order valence-corrected chi connectivity index (χ1v) is 8.58. The van der Waals surface area contributed by atoms with Gasteiger partial charge in [-0.2, -0.15) is 0 Å². The molecule has 0 spiro atoms. The summed E-state index contributed by atoms with van der Waals surface area (Å²) in [7, 11) is 0. The third kappa shape index (κ3) is 3.30. The van der Waals surface area contributed by atoms with Crippen molar-refractivity contribution in [2.45, 2.75) is 32.4 Å². The summed E-state index contributed by atoms with van der Waals surface area (Å²) in [6.45, 7) is 3.74. The summed E-state index contributed by atoms with van der Waals surface area (Å²) < 4.78 is 13.0. The molecule has 1 aliphatic rings. The molecule has 0 bridgehead atoms. The Morgan fingerprint density at radius 2 is 2.32 bits per heavy atom. The first kappa shape index (κ1) is 15.9. The summed E-state index contributed by atoms with van der Waals surface area (Å²) in [6, 6.07) is 7.63. The van der Waals surface area contributed by atoms with Crippen LogP contribution in [0.25, 0.3) is 5.65 Å². The molecule has 4 heterocycles. The Morgan fingerprint density at radius 3 is 3.08 bits per heavy atom. The lowest BCUT2D eigenvalue weighted by Gasteiger charge is -2.24. The highest BCUT2D eigenvalue weighted by Crippen LogP contribution is 2.18. The van der Waals surface area contributed by atoms with Crippen molar-refractivity contribution in [3.63, 3.8) is 0 Å². The largest absolute Gasteiger partial charge is 0.467 e. The van der Waals surface area contributed by atoms with Crippen molar-refractivity contribution in [2.75, 3.05) is 13.2 Å². The predicted octanol–water partition coefficient (Wildman–Crippen LogP) is 3.06. The molecule has 6 nitrogen and oxygen atoms in total. The van der Waals surface area contributed by atoms with E-state index in [0.29, 0.717) is 18.8 Å². The van der Waals surface area contributed by atoms with E-state index >= 15 is 0 Å². The summed E-state index contributed by atoms with van der Waals surface area (Å²) in [6.07, 6.45) is 7.31. The quantitative estimate of drug-likeness (QED) is 0.717. The van der Waals surface area contributed by atoms with Crippen molar-refractivity contribution >= 4 is 11.6 Å². The number of imidazole rings is 1. The number of fused-ring (bicyclic) bond motifs is 1. The number of carbonyl (C=O) groups is 1. The molecule has 6 heteroatoms. The third-order valence-electron chi connectivity index (χ3n) is 4.53. The van der Waals surface area contributed by atoms with E-state index in [-0.39, 0.29) is 12.0 Å². The molecular formula is C19H21N3O3. The molecule has 0 saturated carbocycles. The summed E-state index contributed by atoms with van der Waals surface area (Å²) in [5, 5.41) is 0. The van der Waals surface area contributed by atoms with Crippen LogP contribution in [-0.4, -0.2) is 39.4 Å². The van der Waals surface area contributed by atoms with Crippen LogP contribution in [0.2, 0.25) is 0 Å². The topological polar surface area (TPSA) is 60.0 Å². The number of aryl methyl sites for hydroxylation is 1. The maximum atomic E-state index is 13.2. The first-order chi connectivity index (χ1) is 12.2. The van der Waals surface area contributed by atoms with Gasteiger partial charge in [0.1, 0.15) is 17.1 Å². The molecule has 4 rings (SSSR count). The van der Waals surface area contributed by atoms with Crippen LogP contribution in [-0.2, 0) is 11.3 Å². The fourth-order valence-electron chi connectivity index (χ4n) is 3.25. The predicted molar refractivity (Wildman–Crippen MR) is 92.4 cm³/mol. The van der Waals surface area contributed by atoms with Crippen molar-refractivity contribution in [2.24, 2.45) is 0 Å². The van der Waals surface area contributed by atoms with Gasteiger partial charge in [0, 0.05) is 19.3 Å². The Bertz CT molecular complexity index is 863. The van der Waals surface area contributed by atoms with E-state index in [1.165, 1.54) is 0 Å². The molecule has 0 radical (unpaired) electrons. The zero-order valence-electron chi connectivity index (χ0n) is 14.2. The maximum Gasteiger partial charge on any atom is 0.272 e. The monoisotopic (exact) mass is 339 g/mol. The van der Waals surface area contributed by atoms with Gasteiger partial charge in [-0.3, -0.25) is 9.20 Å². The van der Waals surface area contributed by atoms with E-state index in [0.717, 1.165) is 36.4 Å². The number of rotatable bonds is 5. The minimum atomic E-state index is -0.0648. The van der Waals surface area contributed by atoms with Crippen LogP contribution in [0.15, 0.2) is 47.3 Å². The molecule has 1 saturated heterocycles. The first-order valence-electron chi connectivity index (χ1n) is 8.58. The summed E-state index contributed by atoms with van der Waals surface area (Å²) >= 11 is 0. The van der Waals surface area contributed by atoms with Crippen LogP contribution in [0.5, 0.6) is 0 Å². The lowest BCUT2D eigenvalue weighted by molar-refractivity contribution is 0.0486. The minimum Gasteiger partial charge on any atom is -0.467 e. The van der Waals surface area contributed by atoms with E-state index in [9.17, 15) is 4.79 Å². The average molecular weight is 339 g/mol. The Hall–Kier alpha value is -2.60. The normalized spacial score (nSPS) is 17.2. The molecule has 130 valence electrons. The molecule has 0 aliphatic carbocycles. The number of carbonyl (C=O) groups excluding carboxylic acids is 1. The number of ether oxygens (including phenoxy) is 1. The number of aromatic nitrogens is 2. The van der Waals surface area contributed by atoms with Crippen LogP contribution in [0.1, 0.15) is 34.7 Å². The second kappa shape index (κ2) is 6.72. The van der Waals surface area contributed by atoms with Gasteiger partial charge < -0.3 is 14.1 Å². The SMILES string of the molecule is Cc1ccc2ncc(C(=O)N(Cc3ccco3)C[C@@H]3CCCO3)n2c1. The van der Waals surface area contributed by atoms with Crippen molar-refractivity contribution in [3.8, 4) is 0 Å². The van der Waals surface area contributed by atoms with Crippen LogP contribution >= 0.6 is 0 Å². The van der Waals surface area contributed by atoms with Gasteiger partial charge in [0.25, 0.3) is 5.91 Å². The Labute approximate surface area is 146 Å². The number of nitrogens with zero attached hydrogens (tertiary/aromatic N) is 3. The molecule has 3 aromatic heterocycles. The minimum absolute atomic E-state index is 0.0648. The van der Waals surface area contributed by atoms with Gasteiger partial charge in [-0.15, -0.1) is 0 Å². The van der Waals surface area contributed by atoms with Gasteiger partial charge in [0.15, 0.2) is 0 Å². The number of hydrogen-bond donors (Lipinski definition) is 0. The molecule has 25 heavy (non-hydrogen) atoms. The van der Waals surface area contributed by atoms with Gasteiger partial charge in [-0.25, -0.2) is 4.98 Å². The second-order valence-electron chi connectivity index (χ2n) is 6.48. The molecule has 1 fully saturated rings. The van der Waals surface area contributed by atoms with E-state index in [2.05, 4.69) is 4.98 Å². The van der Waals surface area contributed by atoms with E-state index < -0.39 is 0 Å². The van der Waals surface area contributed by atoms with E-state index in [4.69, 9.17) is 9.15 Å². The number of pyridine rings is 1. The molecule has 0 N–H and O–H groups in total. The number of hydrogen-bond acceptors (Lipinski definition) is 4. The highest BCUT2D eigenvalue weighted by molar-refractivity contribution is 5.93. The van der Waals surface area contributed by atoms with E-state index in [1.54, 1.807) is 17.4 Å². The summed E-state index contributed by atoms with van der Waals surface area (Å²) in [5.74, 6) is 0.696. The Balaban J connectivity index is 1.64. The third-order valence-corrected chi connectivity index (χ3v) is 4.53. The fraction of sp³-hybridized carbons (Fsp3) is 0.368. The smallest absolute Gasteiger partial charge is 0.272 e. The van der Waals surface area contributed by atoms with E-state index in [1.807, 2.05) is 41.8 Å². The van der Waals surface area contributed by atoms with Gasteiger partial charge in [-0.1, -0.05) is 6.07 Å². The highest BCUT2D eigenvalue weighted by Gasteiger charge is 2.26.